The van der Waals surface area contributed by atoms with E-state index in [-0.39, 0.29) is 0 Å². The predicted molar refractivity (Wildman–Crippen MR) is 103 cm³/mol. The minimum atomic E-state index is 0.716. The summed E-state index contributed by atoms with van der Waals surface area (Å²) in [7, 11) is 2.30. The minimum Gasteiger partial charge on any atom is -0.299 e. The first kappa shape index (κ1) is 16.0. The number of nitrogens with zero attached hydrogens (tertiary/aromatic N) is 5. The van der Waals surface area contributed by atoms with Crippen molar-refractivity contribution in [3.63, 3.8) is 0 Å². The molecule has 5 nitrogen and oxygen atoms in total. The molecular weight excluding hydrogens is 322 g/mol. The Morgan fingerprint density at radius 2 is 1.88 bits per heavy atom. The Labute approximate surface area is 154 Å². The van der Waals surface area contributed by atoms with Gasteiger partial charge in [0.15, 0.2) is 5.65 Å². The van der Waals surface area contributed by atoms with E-state index in [1.165, 1.54) is 37.9 Å². The zero-order valence-electron chi connectivity index (χ0n) is 15.3. The number of hydrogen-bond donors (Lipinski definition) is 0. The average molecular weight is 347 g/mol. The standard InChI is InChI=1S/C21H25N5/c1-24-18-7-8-19(24)15-25(10-9-18)13-16-11-22-21-20(12-23-26(21)14-16)17-5-3-2-4-6-17/h2-6,11-12,14,18-19H,7-10,13,15H2,1H3/t18-,19+/m0/s1. The number of benzene rings is 1. The van der Waals surface area contributed by atoms with Gasteiger partial charge in [-0.2, -0.15) is 5.10 Å². The molecule has 1 aromatic carbocycles. The maximum atomic E-state index is 4.73. The van der Waals surface area contributed by atoms with Gasteiger partial charge in [0.05, 0.1) is 6.20 Å². The van der Waals surface area contributed by atoms with Crippen molar-refractivity contribution in [1.29, 1.82) is 0 Å². The Hall–Kier alpha value is -2.24. The largest absolute Gasteiger partial charge is 0.299 e. The molecule has 0 N–H and O–H groups in total. The van der Waals surface area contributed by atoms with Crippen molar-refractivity contribution < 1.29 is 0 Å². The van der Waals surface area contributed by atoms with Crippen LogP contribution in [0.2, 0.25) is 0 Å². The highest BCUT2D eigenvalue weighted by atomic mass is 15.3. The zero-order chi connectivity index (χ0) is 17.5. The number of rotatable bonds is 3. The Balaban J connectivity index is 1.37. The molecule has 2 bridgehead atoms. The number of aromatic nitrogens is 3. The van der Waals surface area contributed by atoms with Crippen molar-refractivity contribution in [1.82, 2.24) is 24.4 Å². The maximum absolute atomic E-state index is 4.73. The van der Waals surface area contributed by atoms with Crippen LogP contribution in [0.1, 0.15) is 24.8 Å². The molecule has 2 aromatic heterocycles. The quantitative estimate of drug-likeness (QED) is 0.730. The smallest absolute Gasteiger partial charge is 0.162 e. The third-order valence-corrected chi connectivity index (χ3v) is 6.13. The normalized spacial score (nSPS) is 24.2. The van der Waals surface area contributed by atoms with Crippen molar-refractivity contribution in [2.75, 3.05) is 20.1 Å². The van der Waals surface area contributed by atoms with Gasteiger partial charge >= 0.3 is 0 Å². The van der Waals surface area contributed by atoms with Crippen molar-refractivity contribution >= 4 is 5.65 Å². The Morgan fingerprint density at radius 3 is 2.77 bits per heavy atom. The summed E-state index contributed by atoms with van der Waals surface area (Å²) in [5, 5.41) is 4.54. The van der Waals surface area contributed by atoms with E-state index in [0.29, 0.717) is 6.04 Å². The number of likely N-dealkylation sites (tertiary alicyclic amines) is 1. The zero-order valence-corrected chi connectivity index (χ0v) is 15.3. The number of likely N-dealkylation sites (N-methyl/N-ethyl adjacent to an activating group) is 1. The number of hydrogen-bond acceptors (Lipinski definition) is 4. The van der Waals surface area contributed by atoms with Crippen LogP contribution >= 0.6 is 0 Å². The lowest BCUT2D eigenvalue weighted by molar-refractivity contribution is 0.214. The molecule has 5 heteroatoms. The van der Waals surface area contributed by atoms with Crippen molar-refractivity contribution in [3.05, 3.63) is 54.5 Å². The first-order valence-electron chi connectivity index (χ1n) is 9.60. The van der Waals surface area contributed by atoms with Gasteiger partial charge in [0.25, 0.3) is 0 Å². The lowest BCUT2D eigenvalue weighted by Gasteiger charge is -2.25. The summed E-state index contributed by atoms with van der Waals surface area (Å²) in [6.07, 6.45) is 10.1. The fourth-order valence-corrected chi connectivity index (χ4v) is 4.60. The van der Waals surface area contributed by atoms with Crippen LogP contribution in [0.4, 0.5) is 0 Å². The van der Waals surface area contributed by atoms with Gasteiger partial charge in [-0.1, -0.05) is 30.3 Å². The van der Waals surface area contributed by atoms with Crippen molar-refractivity contribution in [2.45, 2.75) is 37.9 Å². The SMILES string of the molecule is CN1[C@H]2CC[C@@H]1CN(Cc1cnc3c(-c4ccccc4)cnn3c1)CC2. The number of fused-ring (bicyclic) bond motifs is 3. The average Bonchev–Trinajstić information content (AvgIpc) is 3.18. The second-order valence-electron chi connectivity index (χ2n) is 7.73. The van der Waals surface area contributed by atoms with Crippen LogP contribution in [-0.2, 0) is 6.54 Å². The molecule has 134 valence electrons. The highest BCUT2D eigenvalue weighted by Gasteiger charge is 2.34. The molecular formula is C21H25N5. The highest BCUT2D eigenvalue weighted by Crippen LogP contribution is 2.29. The highest BCUT2D eigenvalue weighted by molar-refractivity contribution is 5.76. The molecule has 4 heterocycles. The van der Waals surface area contributed by atoms with Crippen LogP contribution in [0.25, 0.3) is 16.8 Å². The van der Waals surface area contributed by atoms with E-state index in [1.807, 2.05) is 23.0 Å². The molecule has 3 aromatic rings. The molecule has 5 rings (SSSR count). The van der Waals surface area contributed by atoms with Crippen LogP contribution in [0.15, 0.2) is 48.9 Å². The van der Waals surface area contributed by atoms with E-state index in [9.17, 15) is 0 Å². The van der Waals surface area contributed by atoms with Crippen LogP contribution in [-0.4, -0.2) is 56.6 Å². The molecule has 0 unspecified atom stereocenters. The van der Waals surface area contributed by atoms with Crippen LogP contribution in [0, 0.1) is 0 Å². The first-order chi connectivity index (χ1) is 12.8. The first-order valence-corrected chi connectivity index (χ1v) is 9.60. The molecule has 2 saturated heterocycles. The van der Waals surface area contributed by atoms with Gasteiger partial charge in [0.1, 0.15) is 0 Å². The molecule has 0 amide bonds. The Kier molecular flexibility index (Phi) is 3.98. The van der Waals surface area contributed by atoms with E-state index < -0.39 is 0 Å². The molecule has 0 radical (unpaired) electrons. The second kappa shape index (κ2) is 6.49. The van der Waals surface area contributed by atoms with Crippen LogP contribution in [0.3, 0.4) is 0 Å². The van der Waals surface area contributed by atoms with Crippen LogP contribution in [0.5, 0.6) is 0 Å². The Bertz CT molecular complexity index is 903. The monoisotopic (exact) mass is 347 g/mol. The van der Waals surface area contributed by atoms with Gasteiger partial charge in [0, 0.05) is 55.2 Å². The second-order valence-corrected chi connectivity index (χ2v) is 7.73. The van der Waals surface area contributed by atoms with E-state index >= 15 is 0 Å². The van der Waals surface area contributed by atoms with Crippen molar-refractivity contribution in [2.24, 2.45) is 0 Å². The summed E-state index contributed by atoms with van der Waals surface area (Å²) in [6.45, 7) is 3.30. The summed E-state index contributed by atoms with van der Waals surface area (Å²) in [5.74, 6) is 0. The lowest BCUT2D eigenvalue weighted by Crippen LogP contribution is -2.36. The summed E-state index contributed by atoms with van der Waals surface area (Å²) in [5.41, 5.74) is 4.41. The van der Waals surface area contributed by atoms with Crippen molar-refractivity contribution in [3.8, 4) is 11.1 Å². The molecule has 0 spiro atoms. The molecule has 0 saturated carbocycles. The maximum Gasteiger partial charge on any atom is 0.162 e. The van der Waals surface area contributed by atoms with Crippen LogP contribution < -0.4 is 0 Å². The van der Waals surface area contributed by atoms with E-state index in [2.05, 4.69) is 52.4 Å². The molecule has 2 atom stereocenters. The summed E-state index contributed by atoms with van der Waals surface area (Å²) >= 11 is 0. The molecule has 2 fully saturated rings. The molecule has 26 heavy (non-hydrogen) atoms. The molecule has 2 aliphatic heterocycles. The van der Waals surface area contributed by atoms with Gasteiger partial charge in [-0.15, -0.1) is 0 Å². The minimum absolute atomic E-state index is 0.716. The summed E-state index contributed by atoms with van der Waals surface area (Å²) in [4.78, 5) is 9.92. The topological polar surface area (TPSA) is 36.7 Å². The third kappa shape index (κ3) is 2.81. The fourth-order valence-electron chi connectivity index (χ4n) is 4.60. The van der Waals surface area contributed by atoms with Gasteiger partial charge in [-0.3, -0.25) is 9.80 Å². The van der Waals surface area contributed by atoms with Gasteiger partial charge in [-0.05, 0) is 31.9 Å². The lowest BCUT2D eigenvalue weighted by atomic mass is 10.1. The Morgan fingerprint density at radius 1 is 1.04 bits per heavy atom. The van der Waals surface area contributed by atoms with Gasteiger partial charge in [-0.25, -0.2) is 9.50 Å². The van der Waals surface area contributed by atoms with E-state index in [0.717, 1.165) is 29.4 Å². The molecule has 2 aliphatic rings. The van der Waals surface area contributed by atoms with Gasteiger partial charge in [0.2, 0.25) is 0 Å². The predicted octanol–water partition coefficient (Wildman–Crippen LogP) is 3.06. The summed E-state index contributed by atoms with van der Waals surface area (Å²) < 4.78 is 1.92. The molecule has 0 aliphatic carbocycles. The van der Waals surface area contributed by atoms with E-state index in [4.69, 9.17) is 4.98 Å². The van der Waals surface area contributed by atoms with E-state index in [1.54, 1.807) is 0 Å². The van der Waals surface area contributed by atoms with Gasteiger partial charge < -0.3 is 0 Å². The summed E-state index contributed by atoms with van der Waals surface area (Å²) in [6, 6.07) is 11.9. The third-order valence-electron chi connectivity index (χ3n) is 6.13. The fraction of sp³-hybridized carbons (Fsp3) is 0.429.